The number of hydrogen-bond donors (Lipinski definition) is 1. The van der Waals surface area contributed by atoms with Gasteiger partial charge in [-0.05, 0) is 12.1 Å². The molecule has 0 aliphatic carbocycles. The Balaban J connectivity index is 1.83. The van der Waals surface area contributed by atoms with Crippen LogP contribution in [0.5, 0.6) is 0 Å². The average molecular weight is 258 g/mol. The third-order valence-corrected chi connectivity index (χ3v) is 3.14. The van der Waals surface area contributed by atoms with Crippen LogP contribution in [0.2, 0.25) is 0 Å². The summed E-state index contributed by atoms with van der Waals surface area (Å²) in [6.07, 6.45) is 1.96. The quantitative estimate of drug-likeness (QED) is 0.897. The fraction of sp³-hybridized carbons (Fsp3) is 0.0833. The summed E-state index contributed by atoms with van der Waals surface area (Å²) >= 11 is 1.44. The molecule has 0 unspecified atom stereocenters. The number of benzene rings is 1. The van der Waals surface area contributed by atoms with Gasteiger partial charge in [-0.2, -0.15) is 0 Å². The van der Waals surface area contributed by atoms with E-state index in [-0.39, 0.29) is 12.3 Å². The zero-order valence-electron chi connectivity index (χ0n) is 9.41. The van der Waals surface area contributed by atoms with Crippen molar-refractivity contribution >= 4 is 33.9 Å². The van der Waals surface area contributed by atoms with Crippen LogP contribution in [0.4, 0.5) is 10.8 Å². The molecule has 1 aliphatic heterocycles. The Morgan fingerprint density at radius 2 is 2.17 bits per heavy atom. The largest absolute Gasteiger partial charge is 0.278 e. The summed E-state index contributed by atoms with van der Waals surface area (Å²) < 4.78 is 0. The molecule has 1 fully saturated rings. The molecule has 1 N–H and O–H groups in total. The van der Waals surface area contributed by atoms with Crippen LogP contribution in [0, 0.1) is 0 Å². The second-order valence-corrected chi connectivity index (χ2v) is 4.60. The van der Waals surface area contributed by atoms with E-state index in [2.05, 4.69) is 15.4 Å². The molecule has 1 amide bonds. The Kier molecular flexibility index (Phi) is 2.77. The Morgan fingerprint density at radius 1 is 1.33 bits per heavy atom. The number of rotatable bonds is 2. The molecule has 0 radical (unpaired) electrons. The second-order valence-electron chi connectivity index (χ2n) is 3.73. The first-order valence-electron chi connectivity index (χ1n) is 5.44. The third kappa shape index (κ3) is 2.10. The van der Waals surface area contributed by atoms with Crippen molar-refractivity contribution < 1.29 is 4.79 Å². The molecular formula is C12H10N4OS. The predicted molar refractivity (Wildman–Crippen MR) is 70.9 cm³/mol. The highest BCUT2D eigenvalue weighted by Crippen LogP contribution is 2.20. The summed E-state index contributed by atoms with van der Waals surface area (Å²) in [6, 6.07) is 9.43. The van der Waals surface area contributed by atoms with Gasteiger partial charge in [-0.3, -0.25) is 10.2 Å². The number of thiazole rings is 1. The molecule has 0 saturated carbocycles. The molecule has 1 aromatic carbocycles. The van der Waals surface area contributed by atoms with Gasteiger partial charge >= 0.3 is 0 Å². The van der Waals surface area contributed by atoms with Gasteiger partial charge in [0, 0.05) is 11.6 Å². The maximum atomic E-state index is 11.9. The topological polar surface area (TPSA) is 57.6 Å². The number of hydrazine groups is 1. The number of para-hydroxylation sites is 1. The number of anilines is 1. The molecule has 1 aliphatic rings. The Bertz CT molecular complexity index is 579. The van der Waals surface area contributed by atoms with Crippen molar-refractivity contribution in [3.8, 4) is 0 Å². The van der Waals surface area contributed by atoms with Gasteiger partial charge in [0.15, 0.2) is 0 Å². The standard InChI is InChI=1S/C12H10N4OS/c17-11-8-10(14-12-13-6-7-18-12)15-16(11)9-4-2-1-3-5-9/h1-7H,8H2,(H,13,14,15). The van der Waals surface area contributed by atoms with Crippen molar-refractivity contribution in [2.24, 2.45) is 4.99 Å². The van der Waals surface area contributed by atoms with Crippen molar-refractivity contribution in [2.75, 3.05) is 5.01 Å². The van der Waals surface area contributed by atoms with Crippen LogP contribution >= 0.6 is 11.3 Å². The lowest BCUT2D eigenvalue weighted by Crippen LogP contribution is -2.35. The molecule has 3 rings (SSSR count). The van der Waals surface area contributed by atoms with Gasteiger partial charge < -0.3 is 0 Å². The van der Waals surface area contributed by atoms with Crippen molar-refractivity contribution in [3.63, 3.8) is 0 Å². The summed E-state index contributed by atoms with van der Waals surface area (Å²) in [6.45, 7) is 0. The van der Waals surface area contributed by atoms with Crippen LogP contribution in [-0.4, -0.2) is 16.7 Å². The number of aromatic nitrogens is 1. The minimum Gasteiger partial charge on any atom is -0.278 e. The monoisotopic (exact) mass is 258 g/mol. The van der Waals surface area contributed by atoms with E-state index in [4.69, 9.17) is 0 Å². The zero-order chi connectivity index (χ0) is 12.4. The highest BCUT2D eigenvalue weighted by atomic mass is 32.1. The van der Waals surface area contributed by atoms with Crippen LogP contribution in [-0.2, 0) is 4.79 Å². The Morgan fingerprint density at radius 3 is 2.89 bits per heavy atom. The van der Waals surface area contributed by atoms with Crippen molar-refractivity contribution in [1.29, 1.82) is 0 Å². The average Bonchev–Trinajstić information content (AvgIpc) is 3.01. The van der Waals surface area contributed by atoms with E-state index in [1.807, 2.05) is 35.7 Å². The van der Waals surface area contributed by atoms with E-state index in [1.165, 1.54) is 16.3 Å². The normalized spacial score (nSPS) is 17.2. The maximum absolute atomic E-state index is 11.9. The molecule has 5 nitrogen and oxygen atoms in total. The number of amidine groups is 1. The number of carbonyl (C=O) groups is 1. The van der Waals surface area contributed by atoms with Crippen LogP contribution < -0.4 is 10.4 Å². The first-order chi connectivity index (χ1) is 8.83. The number of amides is 1. The van der Waals surface area contributed by atoms with Gasteiger partial charge in [0.05, 0.1) is 12.1 Å². The zero-order valence-corrected chi connectivity index (χ0v) is 10.2. The van der Waals surface area contributed by atoms with E-state index < -0.39 is 0 Å². The smallest absolute Gasteiger partial charge is 0.253 e. The minimum absolute atomic E-state index is 0.0171. The van der Waals surface area contributed by atoms with Gasteiger partial charge in [-0.1, -0.05) is 18.2 Å². The summed E-state index contributed by atoms with van der Waals surface area (Å²) in [7, 11) is 0. The highest BCUT2D eigenvalue weighted by Gasteiger charge is 2.26. The highest BCUT2D eigenvalue weighted by molar-refractivity contribution is 7.13. The summed E-state index contributed by atoms with van der Waals surface area (Å²) in [5, 5.41) is 4.01. The van der Waals surface area contributed by atoms with Gasteiger partial charge in [0.1, 0.15) is 5.84 Å². The van der Waals surface area contributed by atoms with Gasteiger partial charge in [0.2, 0.25) is 5.13 Å². The lowest BCUT2D eigenvalue weighted by atomic mass is 10.3. The lowest BCUT2D eigenvalue weighted by Gasteiger charge is -2.15. The molecule has 6 heteroatoms. The molecule has 18 heavy (non-hydrogen) atoms. The SMILES string of the molecule is O=C1C/C(=N\c2nccs2)NN1c1ccccc1. The van der Waals surface area contributed by atoms with Gasteiger partial charge in [-0.25, -0.2) is 15.0 Å². The van der Waals surface area contributed by atoms with Crippen molar-refractivity contribution in [1.82, 2.24) is 10.4 Å². The summed E-state index contributed by atoms with van der Waals surface area (Å²) in [5.74, 6) is 0.607. The number of nitrogens with one attached hydrogen (secondary N) is 1. The number of aliphatic imine (C=N–C) groups is 1. The summed E-state index contributed by atoms with van der Waals surface area (Å²) in [5.41, 5.74) is 3.81. The van der Waals surface area contributed by atoms with Crippen LogP contribution in [0.25, 0.3) is 0 Å². The van der Waals surface area contributed by atoms with E-state index in [0.717, 1.165) is 5.69 Å². The van der Waals surface area contributed by atoms with Gasteiger partial charge in [-0.15, -0.1) is 11.3 Å². The molecule has 2 heterocycles. The molecule has 1 saturated heterocycles. The Labute approximate surface area is 108 Å². The molecule has 0 atom stereocenters. The number of nitrogens with zero attached hydrogens (tertiary/aromatic N) is 3. The summed E-state index contributed by atoms with van der Waals surface area (Å²) in [4.78, 5) is 20.2. The van der Waals surface area contributed by atoms with Crippen LogP contribution in [0.15, 0.2) is 46.9 Å². The van der Waals surface area contributed by atoms with E-state index in [9.17, 15) is 4.79 Å². The molecule has 90 valence electrons. The minimum atomic E-state index is -0.0171. The fourth-order valence-corrected chi connectivity index (χ4v) is 2.22. The van der Waals surface area contributed by atoms with E-state index >= 15 is 0 Å². The van der Waals surface area contributed by atoms with Crippen LogP contribution in [0.1, 0.15) is 6.42 Å². The van der Waals surface area contributed by atoms with Crippen molar-refractivity contribution in [3.05, 3.63) is 41.9 Å². The number of carbonyl (C=O) groups excluding carboxylic acids is 1. The van der Waals surface area contributed by atoms with Crippen LogP contribution in [0.3, 0.4) is 0 Å². The van der Waals surface area contributed by atoms with Crippen molar-refractivity contribution in [2.45, 2.75) is 6.42 Å². The maximum Gasteiger partial charge on any atom is 0.253 e. The predicted octanol–water partition coefficient (Wildman–Crippen LogP) is 2.11. The van der Waals surface area contributed by atoms with Gasteiger partial charge in [0.25, 0.3) is 5.91 Å². The first-order valence-corrected chi connectivity index (χ1v) is 6.32. The fourth-order valence-electron chi connectivity index (χ4n) is 1.69. The lowest BCUT2D eigenvalue weighted by molar-refractivity contribution is -0.116. The first kappa shape index (κ1) is 10.9. The molecule has 0 spiro atoms. The molecule has 1 aromatic heterocycles. The molecular weight excluding hydrogens is 248 g/mol. The molecule has 2 aromatic rings. The van der Waals surface area contributed by atoms with E-state index in [0.29, 0.717) is 11.0 Å². The number of hydrogen-bond acceptors (Lipinski definition) is 4. The Hall–Kier alpha value is -2.21. The third-order valence-electron chi connectivity index (χ3n) is 2.47. The second kappa shape index (κ2) is 4.58. The molecule has 0 bridgehead atoms. The van der Waals surface area contributed by atoms with E-state index in [1.54, 1.807) is 6.20 Å².